The third-order valence-corrected chi connectivity index (χ3v) is 9.85. The molecular formula is C42H48N4O10S. The molecule has 57 heavy (non-hydrogen) atoms. The average Bonchev–Trinajstić information content (AvgIpc) is 3.14. The Balaban J connectivity index is 1.13. The van der Waals surface area contributed by atoms with Crippen LogP contribution in [0.5, 0.6) is 0 Å². The highest BCUT2D eigenvalue weighted by molar-refractivity contribution is 8.00. The number of benzene rings is 3. The molecule has 3 N–H and O–H groups in total. The van der Waals surface area contributed by atoms with E-state index in [-0.39, 0.29) is 12.1 Å². The van der Waals surface area contributed by atoms with E-state index in [1.807, 2.05) is 60.7 Å². The van der Waals surface area contributed by atoms with E-state index >= 15 is 0 Å². The molecule has 0 bridgehead atoms. The number of carbonyl (C=O) groups excluding carboxylic acids is 6. The lowest BCUT2D eigenvalue weighted by atomic mass is 10.0. The van der Waals surface area contributed by atoms with Crippen LogP contribution in [0.25, 0.3) is 0 Å². The van der Waals surface area contributed by atoms with Gasteiger partial charge in [-0.3, -0.25) is 19.8 Å². The normalized spacial score (nSPS) is 17.1. The van der Waals surface area contributed by atoms with Crippen LogP contribution >= 0.6 is 11.8 Å². The fraction of sp³-hybridized carbons (Fsp3) is 0.381. The standard InChI is InChI=1S/C42H48N4O10S/c1-25-24-57-36-32(35(48)46(36)33(25)38(50)54-34(27-14-10-8-11-15-27)28-16-12-9-13-17-28)45-31(47)22-26-18-20-29(21-19-26)43-39(51)53-23-30(37(49)55-41(2,3)4)44-40(52)56-42(5,6)7/h8-21,30,32,34,36H,22-24H2,1-7H3,(H,43,51)(H,44,52)(H,45,47)/t30-,32-,36+/m1/s1. The minimum absolute atomic E-state index is 0.0562. The first kappa shape index (κ1) is 42.3. The first-order valence-electron chi connectivity index (χ1n) is 18.4. The maximum atomic E-state index is 13.7. The molecule has 1 saturated heterocycles. The molecule has 2 heterocycles. The van der Waals surface area contributed by atoms with Gasteiger partial charge in [0, 0.05) is 11.4 Å². The van der Waals surface area contributed by atoms with Crippen molar-refractivity contribution in [3.63, 3.8) is 0 Å². The van der Waals surface area contributed by atoms with Crippen LogP contribution in [0, 0.1) is 0 Å². The average molecular weight is 801 g/mol. The van der Waals surface area contributed by atoms with Crippen molar-refractivity contribution in [3.05, 3.63) is 113 Å². The second-order valence-electron chi connectivity index (χ2n) is 15.5. The molecule has 0 radical (unpaired) electrons. The van der Waals surface area contributed by atoms with Gasteiger partial charge >= 0.3 is 24.1 Å². The Morgan fingerprint density at radius 3 is 1.95 bits per heavy atom. The van der Waals surface area contributed by atoms with Crippen LogP contribution in [0.4, 0.5) is 15.3 Å². The number of β-lactam (4-membered cyclic amide) rings is 1. The van der Waals surface area contributed by atoms with Crippen molar-refractivity contribution in [2.24, 2.45) is 0 Å². The van der Waals surface area contributed by atoms with Gasteiger partial charge in [0.25, 0.3) is 5.91 Å². The Morgan fingerprint density at radius 1 is 0.807 bits per heavy atom. The van der Waals surface area contributed by atoms with Crippen molar-refractivity contribution in [2.45, 2.75) is 89.7 Å². The molecular weight excluding hydrogens is 753 g/mol. The highest BCUT2D eigenvalue weighted by Gasteiger charge is 2.54. The molecule has 5 rings (SSSR count). The lowest BCUT2D eigenvalue weighted by Crippen LogP contribution is -2.70. The molecule has 4 amide bonds. The zero-order valence-electron chi connectivity index (χ0n) is 33.0. The number of fused-ring (bicyclic) bond motifs is 1. The summed E-state index contributed by atoms with van der Waals surface area (Å²) in [5.74, 6) is -1.76. The third kappa shape index (κ3) is 11.6. The molecule has 0 aromatic heterocycles. The first-order chi connectivity index (χ1) is 26.9. The van der Waals surface area contributed by atoms with E-state index in [1.165, 1.54) is 16.7 Å². The van der Waals surface area contributed by atoms with Gasteiger partial charge in [-0.15, -0.1) is 11.8 Å². The number of nitrogens with zero attached hydrogens (tertiary/aromatic N) is 1. The maximum absolute atomic E-state index is 13.7. The number of nitrogens with one attached hydrogen (secondary N) is 3. The fourth-order valence-corrected chi connectivity index (χ4v) is 7.22. The molecule has 2 aliphatic heterocycles. The smallest absolute Gasteiger partial charge is 0.411 e. The van der Waals surface area contributed by atoms with E-state index in [1.54, 1.807) is 72.7 Å². The Bertz CT molecular complexity index is 1950. The number of thioether (sulfide) groups is 1. The number of hydrogen-bond donors (Lipinski definition) is 3. The van der Waals surface area contributed by atoms with Crippen molar-refractivity contribution in [3.8, 4) is 0 Å². The summed E-state index contributed by atoms with van der Waals surface area (Å²) in [4.78, 5) is 79.4. The number of carbonyl (C=O) groups is 6. The van der Waals surface area contributed by atoms with Gasteiger partial charge < -0.3 is 29.6 Å². The molecule has 3 aromatic rings. The SMILES string of the molecule is CC1=C(C(=O)OC(c2ccccc2)c2ccccc2)N2C(=O)[C@@H](NC(=O)Cc3ccc(NC(=O)OC[C@@H](NC(=O)OC(C)(C)C)C(=O)OC(C)(C)C)cc3)[C@@H]2SC1. The van der Waals surface area contributed by atoms with Gasteiger partial charge in [0.05, 0.1) is 6.42 Å². The zero-order chi connectivity index (χ0) is 41.5. The monoisotopic (exact) mass is 800 g/mol. The summed E-state index contributed by atoms with van der Waals surface area (Å²) in [7, 11) is 0. The molecule has 0 unspecified atom stereocenters. The van der Waals surface area contributed by atoms with Crippen LogP contribution in [0.15, 0.2) is 96.2 Å². The predicted molar refractivity (Wildman–Crippen MR) is 213 cm³/mol. The Hall–Kier alpha value is -5.83. The molecule has 15 heteroatoms. The van der Waals surface area contributed by atoms with E-state index in [9.17, 15) is 28.8 Å². The lowest BCUT2D eigenvalue weighted by Gasteiger charge is -2.49. The summed E-state index contributed by atoms with van der Waals surface area (Å²) in [6.07, 6.45) is -2.52. The van der Waals surface area contributed by atoms with Gasteiger partial charge in [-0.2, -0.15) is 0 Å². The van der Waals surface area contributed by atoms with Crippen LogP contribution < -0.4 is 16.0 Å². The Kier molecular flexibility index (Phi) is 13.3. The van der Waals surface area contributed by atoms with Crippen LogP contribution in [-0.4, -0.2) is 81.9 Å². The van der Waals surface area contributed by atoms with Gasteiger partial charge in [-0.25, -0.2) is 19.2 Å². The van der Waals surface area contributed by atoms with Crippen LogP contribution in [0.3, 0.4) is 0 Å². The van der Waals surface area contributed by atoms with Crippen LogP contribution in [0.1, 0.15) is 71.3 Å². The van der Waals surface area contributed by atoms with E-state index in [4.69, 9.17) is 18.9 Å². The largest absolute Gasteiger partial charge is 0.458 e. The van der Waals surface area contributed by atoms with E-state index in [0.29, 0.717) is 22.6 Å². The molecule has 0 aliphatic carbocycles. The lowest BCUT2D eigenvalue weighted by molar-refractivity contribution is -0.158. The van der Waals surface area contributed by atoms with Crippen LogP contribution in [0.2, 0.25) is 0 Å². The number of alkyl carbamates (subject to hydrolysis) is 1. The summed E-state index contributed by atoms with van der Waals surface area (Å²) in [5.41, 5.74) is 1.73. The third-order valence-electron chi connectivity index (χ3n) is 8.43. The quantitative estimate of drug-likeness (QED) is 0.111. The van der Waals surface area contributed by atoms with E-state index in [0.717, 1.165) is 11.1 Å². The Labute approximate surface area is 336 Å². The number of ether oxygens (including phenoxy) is 4. The van der Waals surface area contributed by atoms with Crippen molar-refractivity contribution in [1.82, 2.24) is 15.5 Å². The van der Waals surface area contributed by atoms with Crippen molar-refractivity contribution >= 4 is 53.4 Å². The summed E-state index contributed by atoms with van der Waals surface area (Å²) < 4.78 is 21.9. The highest BCUT2D eigenvalue weighted by atomic mass is 32.2. The number of amides is 4. The number of hydrogen-bond acceptors (Lipinski definition) is 11. The Morgan fingerprint density at radius 2 is 1.39 bits per heavy atom. The van der Waals surface area contributed by atoms with Gasteiger partial charge in [-0.1, -0.05) is 72.8 Å². The summed E-state index contributed by atoms with van der Waals surface area (Å²) >= 11 is 1.46. The molecule has 302 valence electrons. The summed E-state index contributed by atoms with van der Waals surface area (Å²) in [6, 6.07) is 23.0. The van der Waals surface area contributed by atoms with E-state index in [2.05, 4.69) is 16.0 Å². The number of anilines is 1. The summed E-state index contributed by atoms with van der Waals surface area (Å²) in [6.45, 7) is 11.2. The second kappa shape index (κ2) is 18.0. The summed E-state index contributed by atoms with van der Waals surface area (Å²) in [5, 5.41) is 7.25. The van der Waals surface area contributed by atoms with Crippen molar-refractivity contribution in [1.29, 1.82) is 0 Å². The second-order valence-corrected chi connectivity index (χ2v) is 16.6. The molecule has 2 aliphatic rings. The van der Waals surface area contributed by atoms with Gasteiger partial charge in [0.2, 0.25) is 5.91 Å². The number of esters is 2. The molecule has 0 spiro atoms. The molecule has 0 saturated carbocycles. The fourth-order valence-electron chi connectivity index (χ4n) is 5.93. The minimum Gasteiger partial charge on any atom is -0.458 e. The van der Waals surface area contributed by atoms with Gasteiger partial charge in [-0.05, 0) is 82.9 Å². The molecule has 3 atom stereocenters. The highest BCUT2D eigenvalue weighted by Crippen LogP contribution is 2.41. The predicted octanol–water partition coefficient (Wildman–Crippen LogP) is 6.02. The molecule has 14 nitrogen and oxygen atoms in total. The van der Waals surface area contributed by atoms with Gasteiger partial charge in [0.1, 0.15) is 34.9 Å². The maximum Gasteiger partial charge on any atom is 0.411 e. The zero-order valence-corrected chi connectivity index (χ0v) is 33.8. The van der Waals surface area contributed by atoms with Crippen LogP contribution in [-0.2, 0) is 44.5 Å². The molecule has 1 fully saturated rings. The minimum atomic E-state index is -1.33. The van der Waals surface area contributed by atoms with E-state index < -0.39 is 77.3 Å². The van der Waals surface area contributed by atoms with Gasteiger partial charge in [0.15, 0.2) is 12.1 Å². The number of rotatable bonds is 12. The first-order valence-corrected chi connectivity index (χ1v) is 19.4. The topological polar surface area (TPSA) is 179 Å². The molecule has 3 aromatic carbocycles. The van der Waals surface area contributed by atoms with Crippen molar-refractivity contribution in [2.75, 3.05) is 17.7 Å². The van der Waals surface area contributed by atoms with Crippen molar-refractivity contribution < 1.29 is 47.7 Å².